The highest BCUT2D eigenvalue weighted by molar-refractivity contribution is 5.38. The van der Waals surface area contributed by atoms with Crippen molar-refractivity contribution in [2.24, 2.45) is 0 Å². The van der Waals surface area contributed by atoms with Gasteiger partial charge < -0.3 is 0 Å². The molecule has 0 saturated carbocycles. The first-order chi connectivity index (χ1) is 9.45. The molecule has 0 aliphatic carbocycles. The van der Waals surface area contributed by atoms with Crippen molar-refractivity contribution in [1.29, 1.82) is 0 Å². The number of pyridine rings is 3. The quantitative estimate of drug-likeness (QED) is 0.714. The van der Waals surface area contributed by atoms with Crippen molar-refractivity contribution >= 4 is 0 Å². The third-order valence-electron chi connectivity index (χ3n) is 3.04. The van der Waals surface area contributed by atoms with E-state index in [0.29, 0.717) is 0 Å². The first-order valence-electron chi connectivity index (χ1n) is 6.16. The molecule has 3 rings (SSSR count). The van der Waals surface area contributed by atoms with Crippen LogP contribution in [0.25, 0.3) is 0 Å². The van der Waals surface area contributed by atoms with Gasteiger partial charge in [0.05, 0.1) is 11.6 Å². The summed E-state index contributed by atoms with van der Waals surface area (Å²) in [5, 5.41) is 0. The van der Waals surface area contributed by atoms with Crippen molar-refractivity contribution < 1.29 is 0 Å². The van der Waals surface area contributed by atoms with Crippen molar-refractivity contribution in [2.75, 3.05) is 0 Å². The lowest BCUT2D eigenvalue weighted by Gasteiger charge is -2.16. The van der Waals surface area contributed by atoms with E-state index in [2.05, 4.69) is 21.0 Å². The molecule has 3 heterocycles. The van der Waals surface area contributed by atoms with Gasteiger partial charge in [-0.3, -0.25) is 15.0 Å². The van der Waals surface area contributed by atoms with Gasteiger partial charge in [0.1, 0.15) is 0 Å². The molecule has 0 fully saturated rings. The van der Waals surface area contributed by atoms with Gasteiger partial charge >= 0.3 is 0 Å². The number of hydrogen-bond donors (Lipinski definition) is 0. The molecule has 3 aromatic rings. The standard InChI is InChI=1S/C16H13N3/c1-2-9-19-15(5-1)16(13-6-10-17-11-7-13)14-4-3-8-18-12-14/h1-12,16H. The molecule has 0 radical (unpaired) electrons. The van der Waals surface area contributed by atoms with Gasteiger partial charge in [-0.1, -0.05) is 12.1 Å². The smallest absolute Gasteiger partial charge is 0.0529 e. The Balaban J connectivity index is 2.12. The molecule has 19 heavy (non-hydrogen) atoms. The Morgan fingerprint density at radius 1 is 0.684 bits per heavy atom. The van der Waals surface area contributed by atoms with E-state index in [9.17, 15) is 0 Å². The van der Waals surface area contributed by atoms with Gasteiger partial charge in [0.2, 0.25) is 0 Å². The monoisotopic (exact) mass is 247 g/mol. The SMILES string of the molecule is c1ccc(C(c2ccncc2)c2cccnc2)nc1. The summed E-state index contributed by atoms with van der Waals surface area (Å²) in [6.07, 6.45) is 9.11. The van der Waals surface area contributed by atoms with E-state index in [0.717, 1.165) is 11.3 Å². The van der Waals surface area contributed by atoms with Crippen molar-refractivity contribution in [3.63, 3.8) is 0 Å². The maximum atomic E-state index is 4.48. The first-order valence-corrected chi connectivity index (χ1v) is 6.16. The van der Waals surface area contributed by atoms with Crippen LogP contribution in [0.3, 0.4) is 0 Å². The van der Waals surface area contributed by atoms with Crippen molar-refractivity contribution in [3.8, 4) is 0 Å². The fourth-order valence-electron chi connectivity index (χ4n) is 2.18. The number of nitrogens with zero attached hydrogens (tertiary/aromatic N) is 3. The summed E-state index contributed by atoms with van der Waals surface area (Å²) < 4.78 is 0. The maximum Gasteiger partial charge on any atom is 0.0529 e. The molecule has 0 saturated heterocycles. The summed E-state index contributed by atoms with van der Waals surface area (Å²) in [7, 11) is 0. The molecule has 0 aliphatic rings. The zero-order valence-corrected chi connectivity index (χ0v) is 10.3. The molecule has 1 unspecified atom stereocenters. The average Bonchev–Trinajstić information content (AvgIpc) is 2.51. The van der Waals surface area contributed by atoms with E-state index in [-0.39, 0.29) is 5.92 Å². The third-order valence-corrected chi connectivity index (χ3v) is 3.04. The lowest BCUT2D eigenvalue weighted by atomic mass is 9.90. The van der Waals surface area contributed by atoms with E-state index < -0.39 is 0 Å². The Labute approximate surface area is 112 Å². The van der Waals surface area contributed by atoms with Crippen LogP contribution in [-0.4, -0.2) is 15.0 Å². The van der Waals surface area contributed by atoms with Crippen LogP contribution >= 0.6 is 0 Å². The van der Waals surface area contributed by atoms with E-state index in [1.807, 2.05) is 61.2 Å². The van der Waals surface area contributed by atoms with Crippen molar-refractivity contribution in [1.82, 2.24) is 15.0 Å². The zero-order chi connectivity index (χ0) is 12.9. The molecule has 0 aliphatic heterocycles. The summed E-state index contributed by atoms with van der Waals surface area (Å²) in [6.45, 7) is 0. The van der Waals surface area contributed by atoms with E-state index in [1.165, 1.54) is 5.56 Å². The maximum absolute atomic E-state index is 4.48. The predicted octanol–water partition coefficient (Wildman–Crippen LogP) is 3.05. The van der Waals surface area contributed by atoms with Gasteiger partial charge in [-0.15, -0.1) is 0 Å². The predicted molar refractivity (Wildman–Crippen MR) is 73.7 cm³/mol. The Morgan fingerprint density at radius 3 is 2.26 bits per heavy atom. The van der Waals surface area contributed by atoms with Crippen LogP contribution in [0.15, 0.2) is 73.4 Å². The summed E-state index contributed by atoms with van der Waals surface area (Å²) >= 11 is 0. The third kappa shape index (κ3) is 2.50. The minimum atomic E-state index is 0.0953. The van der Waals surface area contributed by atoms with Gasteiger partial charge in [-0.05, 0) is 41.5 Å². The van der Waals surface area contributed by atoms with Crippen molar-refractivity contribution in [2.45, 2.75) is 5.92 Å². The van der Waals surface area contributed by atoms with Gasteiger partial charge in [0.25, 0.3) is 0 Å². The molecule has 92 valence electrons. The van der Waals surface area contributed by atoms with Crippen LogP contribution in [0, 0.1) is 0 Å². The van der Waals surface area contributed by atoms with Crippen LogP contribution < -0.4 is 0 Å². The van der Waals surface area contributed by atoms with Gasteiger partial charge in [0, 0.05) is 31.0 Å². The van der Waals surface area contributed by atoms with Gasteiger partial charge in [0.15, 0.2) is 0 Å². The Hall–Kier alpha value is -2.55. The highest BCUT2D eigenvalue weighted by Gasteiger charge is 2.17. The second kappa shape index (κ2) is 5.40. The van der Waals surface area contributed by atoms with Crippen LogP contribution in [0.5, 0.6) is 0 Å². The van der Waals surface area contributed by atoms with E-state index in [1.54, 1.807) is 6.20 Å². The molecule has 0 bridgehead atoms. The molecule has 0 N–H and O–H groups in total. The fraction of sp³-hybridized carbons (Fsp3) is 0.0625. The first kappa shape index (κ1) is 11.5. The van der Waals surface area contributed by atoms with Crippen LogP contribution in [-0.2, 0) is 0 Å². The topological polar surface area (TPSA) is 38.7 Å². The zero-order valence-electron chi connectivity index (χ0n) is 10.3. The number of aromatic nitrogens is 3. The van der Waals surface area contributed by atoms with Crippen LogP contribution in [0.1, 0.15) is 22.7 Å². The van der Waals surface area contributed by atoms with E-state index >= 15 is 0 Å². The Kier molecular flexibility index (Phi) is 3.28. The molecular formula is C16H13N3. The molecule has 0 amide bonds. The number of hydrogen-bond acceptors (Lipinski definition) is 3. The summed E-state index contributed by atoms with van der Waals surface area (Å²) in [5.74, 6) is 0.0953. The Morgan fingerprint density at radius 2 is 1.58 bits per heavy atom. The Bertz CT molecular complexity index is 530. The summed E-state index contributed by atoms with van der Waals surface area (Å²) in [5.41, 5.74) is 3.32. The highest BCUT2D eigenvalue weighted by atomic mass is 14.7. The second-order valence-electron chi connectivity index (χ2n) is 4.25. The van der Waals surface area contributed by atoms with Crippen LogP contribution in [0.4, 0.5) is 0 Å². The molecule has 3 heteroatoms. The summed E-state index contributed by atoms with van der Waals surface area (Å²) in [6, 6.07) is 14.0. The van der Waals surface area contributed by atoms with Crippen LogP contribution in [0.2, 0.25) is 0 Å². The van der Waals surface area contributed by atoms with Crippen molar-refractivity contribution in [3.05, 3.63) is 90.3 Å². The normalized spacial score (nSPS) is 12.0. The largest absolute Gasteiger partial charge is 0.265 e. The average molecular weight is 247 g/mol. The molecule has 3 nitrogen and oxygen atoms in total. The fourth-order valence-corrected chi connectivity index (χ4v) is 2.18. The molecule has 0 aromatic carbocycles. The number of rotatable bonds is 3. The van der Waals surface area contributed by atoms with Gasteiger partial charge in [-0.2, -0.15) is 0 Å². The summed E-state index contributed by atoms with van der Waals surface area (Å²) in [4.78, 5) is 12.8. The molecule has 0 spiro atoms. The lowest BCUT2D eigenvalue weighted by Crippen LogP contribution is -2.05. The minimum absolute atomic E-state index is 0.0953. The van der Waals surface area contributed by atoms with Gasteiger partial charge in [-0.25, -0.2) is 0 Å². The lowest BCUT2D eigenvalue weighted by molar-refractivity contribution is 0.906. The van der Waals surface area contributed by atoms with E-state index in [4.69, 9.17) is 0 Å². The highest BCUT2D eigenvalue weighted by Crippen LogP contribution is 2.29. The molecule has 1 atom stereocenters. The minimum Gasteiger partial charge on any atom is -0.265 e. The molecular weight excluding hydrogens is 234 g/mol. The second-order valence-corrected chi connectivity index (χ2v) is 4.25. The molecule has 3 aromatic heterocycles.